The third kappa shape index (κ3) is 2.39. The number of hydrogen-bond donors (Lipinski definition) is 1. The first-order chi connectivity index (χ1) is 7.72. The van der Waals surface area contributed by atoms with Crippen LogP contribution in [0.15, 0.2) is 32.0 Å². The molecule has 0 radical (unpaired) electrons. The Hall–Kier alpha value is -0.580. The zero-order valence-corrected chi connectivity index (χ0v) is 11.7. The highest BCUT2D eigenvalue weighted by molar-refractivity contribution is 9.10. The number of rotatable bonds is 4. The van der Waals surface area contributed by atoms with Crippen molar-refractivity contribution >= 4 is 27.3 Å². The van der Waals surface area contributed by atoms with Crippen molar-refractivity contribution in [2.45, 2.75) is 19.9 Å². The molecule has 0 saturated carbocycles. The second kappa shape index (κ2) is 5.17. The number of thiophene rings is 1. The molecular formula is C12H14BrNOS. The lowest BCUT2D eigenvalue weighted by Crippen LogP contribution is -2.21. The van der Waals surface area contributed by atoms with E-state index in [4.69, 9.17) is 4.42 Å². The molecule has 1 N–H and O–H groups in total. The average Bonchev–Trinajstić information content (AvgIpc) is 2.84. The van der Waals surface area contributed by atoms with Crippen LogP contribution in [0.2, 0.25) is 0 Å². The van der Waals surface area contributed by atoms with Crippen molar-refractivity contribution in [2.75, 3.05) is 6.54 Å². The maximum atomic E-state index is 5.64. The van der Waals surface area contributed by atoms with Crippen LogP contribution >= 0.6 is 27.3 Å². The topological polar surface area (TPSA) is 25.2 Å². The van der Waals surface area contributed by atoms with E-state index in [0.29, 0.717) is 0 Å². The molecule has 0 aliphatic heterocycles. The minimum Gasteiger partial charge on any atom is -0.452 e. The molecule has 0 aliphatic rings. The molecule has 2 aromatic rings. The van der Waals surface area contributed by atoms with E-state index in [2.05, 4.69) is 45.9 Å². The summed E-state index contributed by atoms with van der Waals surface area (Å²) in [4.78, 5) is 0. The summed E-state index contributed by atoms with van der Waals surface area (Å²) < 4.78 is 6.41. The van der Waals surface area contributed by atoms with Crippen molar-refractivity contribution in [3.05, 3.63) is 44.4 Å². The molecule has 1 atom stereocenters. The van der Waals surface area contributed by atoms with Crippen molar-refractivity contribution < 1.29 is 4.42 Å². The first-order valence-electron chi connectivity index (χ1n) is 5.23. The third-order valence-electron chi connectivity index (χ3n) is 2.49. The van der Waals surface area contributed by atoms with E-state index in [1.165, 1.54) is 11.1 Å². The summed E-state index contributed by atoms with van der Waals surface area (Å²) in [5.74, 6) is 0.954. The second-order valence-electron chi connectivity index (χ2n) is 3.64. The second-order valence-corrected chi connectivity index (χ2v) is 5.17. The van der Waals surface area contributed by atoms with Gasteiger partial charge in [-0.1, -0.05) is 6.92 Å². The molecule has 4 heteroatoms. The van der Waals surface area contributed by atoms with Gasteiger partial charge < -0.3 is 9.73 Å². The minimum atomic E-state index is 0.155. The summed E-state index contributed by atoms with van der Waals surface area (Å²) in [6, 6.07) is 4.10. The zero-order valence-electron chi connectivity index (χ0n) is 9.29. The predicted molar refractivity (Wildman–Crippen MR) is 71.0 cm³/mol. The molecule has 2 nitrogen and oxygen atoms in total. The normalized spacial score (nSPS) is 12.9. The average molecular weight is 300 g/mol. The van der Waals surface area contributed by atoms with Crippen molar-refractivity contribution in [1.29, 1.82) is 0 Å². The van der Waals surface area contributed by atoms with Crippen molar-refractivity contribution in [3.63, 3.8) is 0 Å². The van der Waals surface area contributed by atoms with Gasteiger partial charge in [-0.3, -0.25) is 0 Å². The van der Waals surface area contributed by atoms with Gasteiger partial charge in [0.2, 0.25) is 0 Å². The molecule has 0 aromatic carbocycles. The van der Waals surface area contributed by atoms with Gasteiger partial charge in [-0.05, 0) is 63.4 Å². The molecule has 2 heterocycles. The zero-order chi connectivity index (χ0) is 11.5. The van der Waals surface area contributed by atoms with Crippen LogP contribution in [0.3, 0.4) is 0 Å². The van der Waals surface area contributed by atoms with Crippen LogP contribution in [0, 0.1) is 6.92 Å². The van der Waals surface area contributed by atoms with Crippen LogP contribution < -0.4 is 5.32 Å². The monoisotopic (exact) mass is 299 g/mol. The SMILES string of the molecule is CCNC(c1ccc(Br)o1)c1cscc1C. The maximum Gasteiger partial charge on any atom is 0.169 e. The fourth-order valence-electron chi connectivity index (χ4n) is 1.72. The van der Waals surface area contributed by atoms with E-state index in [0.717, 1.165) is 17.0 Å². The third-order valence-corrected chi connectivity index (χ3v) is 3.80. The van der Waals surface area contributed by atoms with Gasteiger partial charge >= 0.3 is 0 Å². The number of aryl methyl sites for hydroxylation is 1. The molecular weight excluding hydrogens is 286 g/mol. The Morgan fingerprint density at radius 2 is 2.25 bits per heavy atom. The van der Waals surface area contributed by atoms with Crippen LogP contribution in [-0.4, -0.2) is 6.54 Å². The summed E-state index contributed by atoms with van der Waals surface area (Å²) in [5, 5.41) is 7.79. The molecule has 0 amide bonds. The molecule has 0 bridgehead atoms. The molecule has 86 valence electrons. The Labute approximate surface area is 108 Å². The Kier molecular flexibility index (Phi) is 3.84. The number of halogens is 1. The van der Waals surface area contributed by atoms with E-state index >= 15 is 0 Å². The van der Waals surface area contributed by atoms with E-state index in [1.54, 1.807) is 11.3 Å². The van der Waals surface area contributed by atoms with Gasteiger partial charge in [0.15, 0.2) is 4.67 Å². The smallest absolute Gasteiger partial charge is 0.169 e. The van der Waals surface area contributed by atoms with E-state index in [9.17, 15) is 0 Å². The lowest BCUT2D eigenvalue weighted by molar-refractivity contribution is 0.437. The van der Waals surface area contributed by atoms with Crippen LogP contribution in [-0.2, 0) is 0 Å². The summed E-state index contributed by atoms with van der Waals surface area (Å²) in [7, 11) is 0. The Morgan fingerprint density at radius 1 is 1.44 bits per heavy atom. The number of hydrogen-bond acceptors (Lipinski definition) is 3. The first kappa shape index (κ1) is 11.9. The lowest BCUT2D eigenvalue weighted by atomic mass is 10.0. The van der Waals surface area contributed by atoms with Gasteiger partial charge in [0.05, 0.1) is 6.04 Å². The minimum absolute atomic E-state index is 0.155. The Bertz CT molecular complexity index is 463. The highest BCUT2D eigenvalue weighted by Crippen LogP contribution is 2.29. The van der Waals surface area contributed by atoms with Gasteiger partial charge in [-0.15, -0.1) is 0 Å². The molecule has 2 rings (SSSR count). The quantitative estimate of drug-likeness (QED) is 0.919. The highest BCUT2D eigenvalue weighted by atomic mass is 79.9. The molecule has 0 aliphatic carbocycles. The van der Waals surface area contributed by atoms with Gasteiger partial charge in [-0.25, -0.2) is 0 Å². The summed E-state index contributed by atoms with van der Waals surface area (Å²) in [6.45, 7) is 5.15. The first-order valence-corrected chi connectivity index (χ1v) is 6.97. The highest BCUT2D eigenvalue weighted by Gasteiger charge is 2.18. The fourth-order valence-corrected chi connectivity index (χ4v) is 2.91. The van der Waals surface area contributed by atoms with Crippen LogP contribution in [0.4, 0.5) is 0 Å². The largest absolute Gasteiger partial charge is 0.452 e. The molecule has 16 heavy (non-hydrogen) atoms. The van der Waals surface area contributed by atoms with Gasteiger partial charge in [0.1, 0.15) is 5.76 Å². The summed E-state index contributed by atoms with van der Waals surface area (Å²) in [6.07, 6.45) is 0. The van der Waals surface area contributed by atoms with Crippen molar-refractivity contribution in [1.82, 2.24) is 5.32 Å². The molecule has 1 unspecified atom stereocenters. The number of furan rings is 1. The lowest BCUT2D eigenvalue weighted by Gasteiger charge is -2.15. The van der Waals surface area contributed by atoms with Crippen molar-refractivity contribution in [3.8, 4) is 0 Å². The predicted octanol–water partition coefficient (Wildman–Crippen LogP) is 4.11. The Morgan fingerprint density at radius 3 is 2.75 bits per heavy atom. The van der Waals surface area contributed by atoms with E-state index in [-0.39, 0.29) is 6.04 Å². The van der Waals surface area contributed by atoms with Crippen LogP contribution in [0.5, 0.6) is 0 Å². The van der Waals surface area contributed by atoms with Crippen LogP contribution in [0.1, 0.15) is 29.9 Å². The molecule has 2 aromatic heterocycles. The summed E-state index contributed by atoms with van der Waals surface area (Å²) in [5.41, 5.74) is 2.61. The van der Waals surface area contributed by atoms with Gasteiger partial charge in [-0.2, -0.15) is 11.3 Å². The number of nitrogens with one attached hydrogen (secondary N) is 1. The van der Waals surface area contributed by atoms with Crippen LogP contribution in [0.25, 0.3) is 0 Å². The molecule has 0 spiro atoms. The van der Waals surface area contributed by atoms with Gasteiger partial charge in [0, 0.05) is 0 Å². The molecule has 0 fully saturated rings. The van der Waals surface area contributed by atoms with Crippen molar-refractivity contribution in [2.24, 2.45) is 0 Å². The standard InChI is InChI=1S/C12H14BrNOS/c1-3-14-12(9-7-16-6-8(9)2)10-4-5-11(13)15-10/h4-7,12,14H,3H2,1-2H3. The van der Waals surface area contributed by atoms with E-state index in [1.807, 2.05) is 12.1 Å². The maximum absolute atomic E-state index is 5.64. The van der Waals surface area contributed by atoms with E-state index < -0.39 is 0 Å². The fraction of sp³-hybridized carbons (Fsp3) is 0.333. The Balaban J connectivity index is 2.34. The van der Waals surface area contributed by atoms with Gasteiger partial charge in [0.25, 0.3) is 0 Å². The molecule has 0 saturated heterocycles. The summed E-state index contributed by atoms with van der Waals surface area (Å²) >= 11 is 5.07.